The average molecular weight is 468 g/mol. The van der Waals surface area contributed by atoms with E-state index >= 15 is 0 Å². The highest BCUT2D eigenvalue weighted by molar-refractivity contribution is 7.85. The quantitative estimate of drug-likeness (QED) is 0.259. The molecule has 1 heterocycles. The smallest absolute Gasteiger partial charge is 0.235 e. The van der Waals surface area contributed by atoms with Crippen LogP contribution in [0.4, 0.5) is 0 Å². The molecule has 31 heavy (non-hydrogen) atoms. The molecule has 0 amide bonds. The van der Waals surface area contributed by atoms with E-state index in [1.54, 1.807) is 19.2 Å². The van der Waals surface area contributed by atoms with Gasteiger partial charge in [-0.3, -0.25) is 0 Å². The first-order chi connectivity index (χ1) is 14.8. The summed E-state index contributed by atoms with van der Waals surface area (Å²) in [6.07, 6.45) is 0. The van der Waals surface area contributed by atoms with E-state index in [1.807, 2.05) is 18.3 Å². The average Bonchev–Trinajstić information content (AvgIpc) is 3.05. The van der Waals surface area contributed by atoms with Gasteiger partial charge in [-0.25, -0.2) is 8.42 Å². The van der Waals surface area contributed by atoms with E-state index in [1.165, 1.54) is 27.4 Å². The minimum atomic E-state index is -4.27. The Hall–Kier alpha value is -1.88. The number of aryl methyl sites for hydroxylation is 2. The second-order valence-corrected chi connectivity index (χ2v) is 9.34. The molecule has 0 saturated heterocycles. The van der Waals surface area contributed by atoms with E-state index in [9.17, 15) is 13.0 Å². The molecule has 0 unspecified atom stereocenters. The van der Waals surface area contributed by atoms with Crippen LogP contribution in [-0.4, -0.2) is 53.1 Å². The van der Waals surface area contributed by atoms with Crippen molar-refractivity contribution in [1.29, 1.82) is 0 Å². The third-order valence-corrected chi connectivity index (χ3v) is 6.30. The Balaban J connectivity index is 0.000000262. The molecule has 0 aliphatic rings. The largest absolute Gasteiger partial charge is 0.744 e. The van der Waals surface area contributed by atoms with Crippen LogP contribution in [0.25, 0.3) is 10.2 Å². The molecule has 0 aliphatic carbocycles. The standard InChI is InChI=1S/C15H22NO3S.C7H8O3S/c1-13-16(14-5-3-4-6-15(14)20-13)7-8-18-11-12-19-10-9-17-2;1-6-2-4-7(5-3-6)11(8,9)10/h3-6H,7-12H2,1-2H3;2-5H,1H3,(H,8,9,10)/q+1;/p-1. The van der Waals surface area contributed by atoms with Crippen LogP contribution < -0.4 is 4.57 Å². The predicted molar refractivity (Wildman–Crippen MR) is 119 cm³/mol. The molecule has 0 N–H and O–H groups in total. The number of hydrogen-bond acceptors (Lipinski definition) is 7. The summed E-state index contributed by atoms with van der Waals surface area (Å²) in [6.45, 7) is 8.08. The molecule has 0 atom stereocenters. The highest BCUT2D eigenvalue weighted by Crippen LogP contribution is 2.18. The summed E-state index contributed by atoms with van der Waals surface area (Å²) in [5, 5.41) is 1.31. The van der Waals surface area contributed by atoms with Gasteiger partial charge in [0.1, 0.15) is 21.4 Å². The first kappa shape index (κ1) is 25.4. The highest BCUT2D eigenvalue weighted by atomic mass is 32.2. The van der Waals surface area contributed by atoms with Crippen molar-refractivity contribution in [2.75, 3.05) is 40.1 Å². The van der Waals surface area contributed by atoms with E-state index < -0.39 is 10.1 Å². The van der Waals surface area contributed by atoms with Gasteiger partial charge in [-0.2, -0.15) is 4.57 Å². The second kappa shape index (κ2) is 12.8. The maximum atomic E-state index is 10.4. The summed E-state index contributed by atoms with van der Waals surface area (Å²) in [4.78, 5) is -0.178. The van der Waals surface area contributed by atoms with Gasteiger partial charge in [0.05, 0.1) is 31.3 Å². The van der Waals surface area contributed by atoms with Crippen molar-refractivity contribution in [3.63, 3.8) is 0 Å². The summed E-state index contributed by atoms with van der Waals surface area (Å²) in [7, 11) is -2.60. The van der Waals surface area contributed by atoms with Crippen LogP contribution in [0.5, 0.6) is 0 Å². The number of thiazole rings is 1. The lowest BCUT2D eigenvalue weighted by Gasteiger charge is -2.05. The van der Waals surface area contributed by atoms with Gasteiger partial charge in [-0.1, -0.05) is 41.2 Å². The molecule has 170 valence electrons. The maximum Gasteiger partial charge on any atom is 0.235 e. The zero-order valence-electron chi connectivity index (χ0n) is 18.1. The summed E-state index contributed by atoms with van der Waals surface area (Å²) < 4.78 is 50.7. The van der Waals surface area contributed by atoms with Crippen LogP contribution in [-0.2, 0) is 30.9 Å². The number of hydrogen-bond donors (Lipinski definition) is 0. The number of para-hydroxylation sites is 1. The van der Waals surface area contributed by atoms with Crippen molar-refractivity contribution >= 4 is 31.7 Å². The van der Waals surface area contributed by atoms with Crippen molar-refractivity contribution in [2.45, 2.75) is 25.3 Å². The van der Waals surface area contributed by atoms with E-state index in [2.05, 4.69) is 35.8 Å². The normalized spacial score (nSPS) is 11.4. The van der Waals surface area contributed by atoms with Gasteiger partial charge >= 0.3 is 0 Å². The first-order valence-electron chi connectivity index (χ1n) is 9.88. The number of rotatable bonds is 10. The topological polar surface area (TPSA) is 88.8 Å². The molecule has 1 aromatic heterocycles. The molecular formula is C22H29NO6S2. The fourth-order valence-corrected chi connectivity index (χ4v) is 4.27. The molecule has 9 heteroatoms. The Morgan fingerprint density at radius 3 is 2.16 bits per heavy atom. The van der Waals surface area contributed by atoms with Gasteiger partial charge in [-0.05, 0) is 25.1 Å². The molecule has 0 aliphatic heterocycles. The summed E-state index contributed by atoms with van der Waals surface area (Å²) in [5.74, 6) is 0. The van der Waals surface area contributed by atoms with Gasteiger partial charge in [0.2, 0.25) is 10.5 Å². The maximum absolute atomic E-state index is 10.4. The van der Waals surface area contributed by atoms with Crippen molar-refractivity contribution in [3.8, 4) is 0 Å². The molecule has 7 nitrogen and oxygen atoms in total. The Morgan fingerprint density at radius 2 is 1.52 bits per heavy atom. The Labute approximate surface area is 187 Å². The zero-order chi connectivity index (χ0) is 22.7. The van der Waals surface area contributed by atoms with Crippen LogP contribution in [0, 0.1) is 13.8 Å². The lowest BCUT2D eigenvalue weighted by atomic mass is 10.2. The molecule has 0 bridgehead atoms. The summed E-state index contributed by atoms with van der Waals surface area (Å²) >= 11 is 1.82. The molecule has 0 saturated carbocycles. The van der Waals surface area contributed by atoms with Gasteiger partial charge in [-0.15, -0.1) is 0 Å². The zero-order valence-corrected chi connectivity index (χ0v) is 19.7. The SMILES string of the molecule is COCCOCCOCC[n+]1c(C)sc2ccccc21.Cc1ccc(S(=O)(=O)[O-])cc1. The summed E-state index contributed by atoms with van der Waals surface area (Å²) in [6, 6.07) is 14.3. The van der Waals surface area contributed by atoms with Gasteiger partial charge < -0.3 is 18.8 Å². The molecular weight excluding hydrogens is 438 g/mol. The van der Waals surface area contributed by atoms with Crippen molar-refractivity contribution < 1.29 is 31.7 Å². The second-order valence-electron chi connectivity index (χ2n) is 6.73. The lowest BCUT2D eigenvalue weighted by Crippen LogP contribution is -2.37. The lowest BCUT2D eigenvalue weighted by molar-refractivity contribution is -0.674. The first-order valence-corrected chi connectivity index (χ1v) is 12.1. The van der Waals surface area contributed by atoms with Crippen molar-refractivity contribution in [2.24, 2.45) is 0 Å². The van der Waals surface area contributed by atoms with Crippen molar-refractivity contribution in [1.82, 2.24) is 0 Å². The van der Waals surface area contributed by atoms with Crippen molar-refractivity contribution in [3.05, 3.63) is 59.1 Å². The number of methoxy groups -OCH3 is 1. The molecule has 2 aromatic carbocycles. The molecule has 3 aromatic rings. The van der Waals surface area contributed by atoms with Crippen LogP contribution >= 0.6 is 11.3 Å². The van der Waals surface area contributed by atoms with Crippen LogP contribution in [0.2, 0.25) is 0 Å². The van der Waals surface area contributed by atoms with E-state index in [4.69, 9.17) is 14.2 Å². The molecule has 0 fully saturated rings. The number of benzene rings is 2. The van der Waals surface area contributed by atoms with Gasteiger partial charge in [0.25, 0.3) is 0 Å². The Kier molecular flexibility index (Phi) is 10.5. The van der Waals surface area contributed by atoms with Crippen LogP contribution in [0.3, 0.4) is 0 Å². The molecule has 0 spiro atoms. The number of nitrogens with zero attached hydrogens (tertiary/aromatic N) is 1. The van der Waals surface area contributed by atoms with Crippen LogP contribution in [0.15, 0.2) is 53.4 Å². The van der Waals surface area contributed by atoms with E-state index in [0.29, 0.717) is 33.0 Å². The van der Waals surface area contributed by atoms with E-state index in [-0.39, 0.29) is 4.90 Å². The Morgan fingerprint density at radius 1 is 0.903 bits per heavy atom. The third-order valence-electron chi connectivity index (χ3n) is 4.37. The summed E-state index contributed by atoms with van der Waals surface area (Å²) in [5.41, 5.74) is 2.22. The predicted octanol–water partition coefficient (Wildman–Crippen LogP) is 3.08. The van der Waals surface area contributed by atoms with Gasteiger partial charge in [0.15, 0.2) is 6.54 Å². The van der Waals surface area contributed by atoms with E-state index in [0.717, 1.165) is 12.1 Å². The van der Waals surface area contributed by atoms with Crippen LogP contribution in [0.1, 0.15) is 10.6 Å². The molecule has 3 rings (SSSR count). The minimum Gasteiger partial charge on any atom is -0.744 e. The Bertz CT molecular complexity index is 1030. The number of fused-ring (bicyclic) bond motifs is 1. The van der Waals surface area contributed by atoms with Gasteiger partial charge in [0, 0.05) is 20.1 Å². The third kappa shape index (κ3) is 8.64. The number of ether oxygens (including phenoxy) is 3. The fraction of sp³-hybridized carbons (Fsp3) is 0.409. The highest BCUT2D eigenvalue weighted by Gasteiger charge is 2.15. The minimum absolute atomic E-state index is 0.178. The number of aromatic nitrogens is 1. The molecule has 0 radical (unpaired) electrons. The fourth-order valence-electron chi connectivity index (χ4n) is 2.75. The monoisotopic (exact) mass is 467 g/mol.